The van der Waals surface area contributed by atoms with Gasteiger partial charge in [0.2, 0.25) is 5.91 Å². The minimum absolute atomic E-state index is 0.146. The number of hydrogen-bond donors (Lipinski definition) is 1. The van der Waals surface area contributed by atoms with E-state index in [0.717, 1.165) is 5.56 Å². The highest BCUT2D eigenvalue weighted by Crippen LogP contribution is 2.29. The second kappa shape index (κ2) is 6.81. The monoisotopic (exact) mass is 334 g/mol. The van der Waals surface area contributed by atoms with E-state index < -0.39 is 23.5 Å². The maximum absolute atomic E-state index is 12.5. The zero-order valence-electron chi connectivity index (χ0n) is 15.0. The molecule has 0 saturated carbocycles. The molecule has 6 nitrogen and oxygen atoms in total. The molecule has 1 unspecified atom stereocenters. The van der Waals surface area contributed by atoms with Crippen molar-refractivity contribution < 1.29 is 19.1 Å². The topological polar surface area (TPSA) is 67.9 Å². The predicted molar refractivity (Wildman–Crippen MR) is 90.2 cm³/mol. The van der Waals surface area contributed by atoms with Crippen molar-refractivity contribution in [3.05, 3.63) is 35.9 Å². The van der Waals surface area contributed by atoms with Gasteiger partial charge in [0, 0.05) is 6.54 Å². The normalized spacial score (nSPS) is 19.9. The average molecular weight is 334 g/mol. The van der Waals surface area contributed by atoms with E-state index in [-0.39, 0.29) is 12.5 Å². The van der Waals surface area contributed by atoms with Crippen LogP contribution in [0.25, 0.3) is 0 Å². The highest BCUT2D eigenvalue weighted by atomic mass is 16.6. The predicted octanol–water partition coefficient (Wildman–Crippen LogP) is 2.67. The summed E-state index contributed by atoms with van der Waals surface area (Å²) < 4.78 is 11.1. The van der Waals surface area contributed by atoms with Crippen LogP contribution >= 0.6 is 0 Å². The minimum Gasteiger partial charge on any atom is -0.444 e. The molecule has 1 heterocycles. The van der Waals surface area contributed by atoms with Crippen molar-refractivity contribution in [3.8, 4) is 0 Å². The van der Waals surface area contributed by atoms with Gasteiger partial charge in [-0.25, -0.2) is 4.79 Å². The van der Waals surface area contributed by atoms with Crippen LogP contribution < -0.4 is 5.32 Å². The van der Waals surface area contributed by atoms with Crippen molar-refractivity contribution in [2.45, 2.75) is 58.5 Å². The number of ether oxygens (including phenoxy) is 2. The summed E-state index contributed by atoms with van der Waals surface area (Å²) in [5.74, 6) is -0.254. The summed E-state index contributed by atoms with van der Waals surface area (Å²) in [6.07, 6.45) is -0.551. The van der Waals surface area contributed by atoms with Gasteiger partial charge >= 0.3 is 6.09 Å². The molecule has 1 aliphatic rings. The first-order valence-electron chi connectivity index (χ1n) is 8.08. The van der Waals surface area contributed by atoms with E-state index in [1.165, 1.54) is 4.90 Å². The third-order valence-corrected chi connectivity index (χ3v) is 3.69. The van der Waals surface area contributed by atoms with Gasteiger partial charge in [-0.2, -0.15) is 0 Å². The van der Waals surface area contributed by atoms with Crippen LogP contribution in [0.15, 0.2) is 30.3 Å². The van der Waals surface area contributed by atoms with Gasteiger partial charge < -0.3 is 14.8 Å². The highest BCUT2D eigenvalue weighted by molar-refractivity contribution is 5.86. The summed E-state index contributed by atoms with van der Waals surface area (Å²) >= 11 is 0. The zero-order chi connectivity index (χ0) is 18.0. The molecule has 132 valence electrons. The number of carbonyl (C=O) groups is 2. The summed E-state index contributed by atoms with van der Waals surface area (Å²) in [7, 11) is 0. The molecular formula is C18H26N2O4. The van der Waals surface area contributed by atoms with Gasteiger partial charge in [-0.05, 0) is 40.2 Å². The van der Waals surface area contributed by atoms with Crippen LogP contribution in [0.3, 0.4) is 0 Å². The van der Waals surface area contributed by atoms with Crippen molar-refractivity contribution in [3.63, 3.8) is 0 Å². The number of amides is 2. The van der Waals surface area contributed by atoms with Gasteiger partial charge in [0.05, 0.1) is 6.61 Å². The molecule has 1 fully saturated rings. The standard InChI is InChI=1S/C18H26N2O4/c1-17(2,3)24-16(22)20-14(12-23-18(20,4)5)15(21)19-11-13-9-7-6-8-10-13/h6-10,14H,11-12H2,1-5H3,(H,19,21). The van der Waals surface area contributed by atoms with Crippen molar-refractivity contribution >= 4 is 12.0 Å². The summed E-state index contributed by atoms with van der Waals surface area (Å²) in [6.45, 7) is 9.42. The lowest BCUT2D eigenvalue weighted by atomic mass is 10.2. The molecule has 0 radical (unpaired) electrons. The Morgan fingerprint density at radius 2 is 1.92 bits per heavy atom. The van der Waals surface area contributed by atoms with Gasteiger partial charge in [0.15, 0.2) is 0 Å². The van der Waals surface area contributed by atoms with E-state index in [9.17, 15) is 9.59 Å². The van der Waals surface area contributed by atoms with Gasteiger partial charge in [0.1, 0.15) is 17.4 Å². The third-order valence-electron chi connectivity index (χ3n) is 3.69. The SMILES string of the molecule is CC(C)(C)OC(=O)N1C(C(=O)NCc2ccccc2)COC1(C)C. The van der Waals surface area contributed by atoms with E-state index in [4.69, 9.17) is 9.47 Å². The lowest BCUT2D eigenvalue weighted by Crippen LogP contribution is -2.54. The Balaban J connectivity index is 2.06. The second-order valence-electron chi connectivity index (χ2n) is 7.33. The van der Waals surface area contributed by atoms with Crippen LogP contribution in [-0.4, -0.2) is 40.9 Å². The maximum atomic E-state index is 12.5. The first-order chi connectivity index (χ1) is 11.1. The Bertz CT molecular complexity index is 593. The molecule has 1 aromatic rings. The molecule has 1 N–H and O–H groups in total. The van der Waals surface area contributed by atoms with Gasteiger partial charge in [0.25, 0.3) is 0 Å². The minimum atomic E-state index is -0.892. The van der Waals surface area contributed by atoms with Crippen LogP contribution in [0.4, 0.5) is 4.79 Å². The molecular weight excluding hydrogens is 308 g/mol. The van der Waals surface area contributed by atoms with Crippen molar-refractivity contribution in [1.29, 1.82) is 0 Å². The number of carbonyl (C=O) groups excluding carboxylic acids is 2. The van der Waals surface area contributed by atoms with Gasteiger partial charge in [-0.1, -0.05) is 30.3 Å². The van der Waals surface area contributed by atoms with Crippen molar-refractivity contribution in [1.82, 2.24) is 10.2 Å². The molecule has 1 atom stereocenters. The van der Waals surface area contributed by atoms with Crippen molar-refractivity contribution in [2.75, 3.05) is 6.61 Å². The summed E-state index contributed by atoms with van der Waals surface area (Å²) in [5.41, 5.74) is -0.536. The molecule has 0 bridgehead atoms. The Labute approximate surface area is 143 Å². The fraction of sp³-hybridized carbons (Fsp3) is 0.556. The number of nitrogens with zero attached hydrogens (tertiary/aromatic N) is 1. The molecule has 2 rings (SSSR count). The lowest BCUT2D eigenvalue weighted by Gasteiger charge is -2.34. The largest absolute Gasteiger partial charge is 0.444 e. The molecule has 6 heteroatoms. The van der Waals surface area contributed by atoms with Gasteiger partial charge in [-0.15, -0.1) is 0 Å². The van der Waals surface area contributed by atoms with Crippen molar-refractivity contribution in [2.24, 2.45) is 0 Å². The molecule has 24 heavy (non-hydrogen) atoms. The Hall–Kier alpha value is -2.08. The Kier molecular flexibility index (Phi) is 5.18. The first-order valence-corrected chi connectivity index (χ1v) is 8.08. The summed E-state index contributed by atoms with van der Waals surface area (Å²) in [4.78, 5) is 26.4. The van der Waals surface area contributed by atoms with E-state index in [1.807, 2.05) is 30.3 Å². The quantitative estimate of drug-likeness (QED) is 0.923. The number of benzene rings is 1. The lowest BCUT2D eigenvalue weighted by molar-refractivity contribution is -0.126. The molecule has 0 aromatic heterocycles. The van der Waals surface area contributed by atoms with Crippen LogP contribution in [0.5, 0.6) is 0 Å². The van der Waals surface area contributed by atoms with Gasteiger partial charge in [-0.3, -0.25) is 9.69 Å². The molecule has 1 aromatic carbocycles. The van der Waals surface area contributed by atoms with Crippen LogP contribution in [0.1, 0.15) is 40.2 Å². The van der Waals surface area contributed by atoms with E-state index in [2.05, 4.69) is 5.32 Å². The van der Waals surface area contributed by atoms with Crippen LogP contribution in [-0.2, 0) is 20.8 Å². The fourth-order valence-corrected chi connectivity index (χ4v) is 2.56. The second-order valence-corrected chi connectivity index (χ2v) is 7.33. The summed E-state index contributed by atoms with van der Waals surface area (Å²) in [5, 5.41) is 2.86. The Morgan fingerprint density at radius 3 is 2.50 bits per heavy atom. The fourth-order valence-electron chi connectivity index (χ4n) is 2.56. The maximum Gasteiger partial charge on any atom is 0.413 e. The molecule has 2 amide bonds. The molecule has 1 saturated heterocycles. The third kappa shape index (κ3) is 4.47. The molecule has 1 aliphatic heterocycles. The van der Waals surface area contributed by atoms with Crippen LogP contribution in [0, 0.1) is 0 Å². The zero-order valence-corrected chi connectivity index (χ0v) is 15.0. The number of hydrogen-bond acceptors (Lipinski definition) is 4. The number of nitrogens with one attached hydrogen (secondary N) is 1. The smallest absolute Gasteiger partial charge is 0.413 e. The van der Waals surface area contributed by atoms with E-state index in [0.29, 0.717) is 6.54 Å². The van der Waals surface area contributed by atoms with Crippen LogP contribution in [0.2, 0.25) is 0 Å². The first kappa shape index (κ1) is 18.3. The van der Waals surface area contributed by atoms with E-state index in [1.54, 1.807) is 34.6 Å². The van der Waals surface area contributed by atoms with E-state index >= 15 is 0 Å². The Morgan fingerprint density at radius 1 is 1.29 bits per heavy atom. The molecule has 0 spiro atoms. The average Bonchev–Trinajstić information content (AvgIpc) is 2.79. The summed E-state index contributed by atoms with van der Waals surface area (Å²) in [6, 6.07) is 8.90. The number of rotatable bonds is 3. The highest BCUT2D eigenvalue weighted by Gasteiger charge is 2.48. The molecule has 0 aliphatic carbocycles.